The van der Waals surface area contributed by atoms with E-state index in [0.29, 0.717) is 37.7 Å². The van der Waals surface area contributed by atoms with E-state index in [2.05, 4.69) is 17.1 Å². The van der Waals surface area contributed by atoms with Crippen molar-refractivity contribution in [1.82, 2.24) is 15.0 Å². The normalized spacial score (nSPS) is 16.0. The third kappa shape index (κ3) is 4.87. The summed E-state index contributed by atoms with van der Waals surface area (Å²) in [5.41, 5.74) is 1.85. The van der Waals surface area contributed by atoms with Crippen LogP contribution in [-0.2, 0) is 11.3 Å². The standard InChI is InChI=1S/C24H27N3O4/c1-3-4-14-30-19-10-8-18(9-11-19)23-25-24(31-26-23)21-12-13-22(28)27(21)16-17-6-5-7-20(15-17)29-2/h5-11,15,21H,3-4,12-14,16H2,1-2H3. The number of ether oxygens (including phenoxy) is 2. The SMILES string of the molecule is CCCCOc1ccc(-c2noc(C3CCC(=O)N3Cc3cccc(OC)c3)n2)cc1. The molecule has 0 aliphatic carbocycles. The maximum absolute atomic E-state index is 12.5. The maximum Gasteiger partial charge on any atom is 0.249 e. The number of rotatable bonds is 9. The third-order valence-electron chi connectivity index (χ3n) is 5.42. The van der Waals surface area contributed by atoms with Crippen LogP contribution in [0.25, 0.3) is 11.4 Å². The van der Waals surface area contributed by atoms with Gasteiger partial charge in [0.2, 0.25) is 17.6 Å². The van der Waals surface area contributed by atoms with Crippen LogP contribution in [0.3, 0.4) is 0 Å². The Labute approximate surface area is 182 Å². The second-order valence-electron chi connectivity index (χ2n) is 7.61. The Morgan fingerprint density at radius 1 is 1.16 bits per heavy atom. The predicted molar refractivity (Wildman–Crippen MR) is 116 cm³/mol. The van der Waals surface area contributed by atoms with E-state index in [1.807, 2.05) is 48.5 Å². The molecule has 1 unspecified atom stereocenters. The summed E-state index contributed by atoms with van der Waals surface area (Å²) in [4.78, 5) is 18.9. The quantitative estimate of drug-likeness (QED) is 0.463. The Balaban J connectivity index is 1.47. The average molecular weight is 421 g/mol. The number of carbonyl (C=O) groups is 1. The molecular formula is C24H27N3O4. The fourth-order valence-corrected chi connectivity index (χ4v) is 3.68. The van der Waals surface area contributed by atoms with Gasteiger partial charge in [0.15, 0.2) is 0 Å². The first kappa shape index (κ1) is 20.9. The van der Waals surface area contributed by atoms with Crippen LogP contribution < -0.4 is 9.47 Å². The molecule has 1 aliphatic rings. The highest BCUT2D eigenvalue weighted by Crippen LogP contribution is 2.34. The minimum Gasteiger partial charge on any atom is -0.497 e. The highest BCUT2D eigenvalue weighted by atomic mass is 16.5. The van der Waals surface area contributed by atoms with Gasteiger partial charge in [-0.05, 0) is 54.8 Å². The molecule has 1 amide bonds. The zero-order valence-electron chi connectivity index (χ0n) is 17.9. The maximum atomic E-state index is 12.5. The van der Waals surface area contributed by atoms with Crippen LogP contribution in [0, 0.1) is 0 Å². The van der Waals surface area contributed by atoms with Crippen LogP contribution in [0.5, 0.6) is 11.5 Å². The summed E-state index contributed by atoms with van der Waals surface area (Å²) < 4.78 is 16.6. The van der Waals surface area contributed by atoms with E-state index in [1.54, 1.807) is 12.0 Å². The van der Waals surface area contributed by atoms with Gasteiger partial charge in [-0.3, -0.25) is 4.79 Å². The lowest BCUT2D eigenvalue weighted by molar-refractivity contribution is -0.130. The van der Waals surface area contributed by atoms with Crippen molar-refractivity contribution in [3.05, 3.63) is 60.0 Å². The minimum atomic E-state index is -0.225. The van der Waals surface area contributed by atoms with Crippen molar-refractivity contribution in [1.29, 1.82) is 0 Å². The topological polar surface area (TPSA) is 77.7 Å². The second-order valence-corrected chi connectivity index (χ2v) is 7.61. The van der Waals surface area contributed by atoms with Crippen molar-refractivity contribution in [3.63, 3.8) is 0 Å². The monoisotopic (exact) mass is 421 g/mol. The van der Waals surface area contributed by atoms with Crippen LogP contribution in [0.15, 0.2) is 53.1 Å². The summed E-state index contributed by atoms with van der Waals surface area (Å²) in [7, 11) is 1.63. The molecule has 7 heteroatoms. The molecule has 0 radical (unpaired) electrons. The number of likely N-dealkylation sites (tertiary alicyclic amines) is 1. The van der Waals surface area contributed by atoms with Crippen molar-refractivity contribution < 1.29 is 18.8 Å². The summed E-state index contributed by atoms with van der Waals surface area (Å²) in [5.74, 6) is 2.65. The highest BCUT2D eigenvalue weighted by molar-refractivity contribution is 5.78. The van der Waals surface area contributed by atoms with Crippen LogP contribution in [-0.4, -0.2) is 34.7 Å². The Morgan fingerprint density at radius 3 is 2.77 bits per heavy atom. The number of hydrogen-bond acceptors (Lipinski definition) is 6. The zero-order chi connectivity index (χ0) is 21.6. The summed E-state index contributed by atoms with van der Waals surface area (Å²) in [5, 5.41) is 4.15. The number of nitrogens with zero attached hydrogens (tertiary/aromatic N) is 3. The van der Waals surface area contributed by atoms with Crippen molar-refractivity contribution in [2.45, 2.75) is 45.2 Å². The van der Waals surface area contributed by atoms with E-state index < -0.39 is 0 Å². The molecule has 0 saturated carbocycles. The first-order valence-electron chi connectivity index (χ1n) is 10.7. The Bertz CT molecular complexity index is 1020. The van der Waals surface area contributed by atoms with Gasteiger partial charge >= 0.3 is 0 Å². The fourth-order valence-electron chi connectivity index (χ4n) is 3.68. The smallest absolute Gasteiger partial charge is 0.249 e. The lowest BCUT2D eigenvalue weighted by atomic mass is 10.1. The molecule has 1 fully saturated rings. The van der Waals surface area contributed by atoms with Gasteiger partial charge < -0.3 is 18.9 Å². The number of hydrogen-bond donors (Lipinski definition) is 0. The lowest BCUT2D eigenvalue weighted by Crippen LogP contribution is -2.27. The Morgan fingerprint density at radius 2 is 2.00 bits per heavy atom. The van der Waals surface area contributed by atoms with Crippen molar-refractivity contribution in [2.24, 2.45) is 0 Å². The van der Waals surface area contributed by atoms with Crippen LogP contribution in [0.1, 0.15) is 50.1 Å². The number of benzene rings is 2. The van der Waals surface area contributed by atoms with Gasteiger partial charge in [0.1, 0.15) is 17.5 Å². The fraction of sp³-hybridized carbons (Fsp3) is 0.375. The van der Waals surface area contributed by atoms with Gasteiger partial charge in [0.05, 0.1) is 13.7 Å². The summed E-state index contributed by atoms with van der Waals surface area (Å²) >= 11 is 0. The van der Waals surface area contributed by atoms with Crippen LogP contribution in [0.2, 0.25) is 0 Å². The minimum absolute atomic E-state index is 0.0844. The van der Waals surface area contributed by atoms with E-state index in [4.69, 9.17) is 14.0 Å². The molecule has 162 valence electrons. The van der Waals surface area contributed by atoms with Gasteiger partial charge in [-0.25, -0.2) is 0 Å². The number of carbonyl (C=O) groups excluding carboxylic acids is 1. The van der Waals surface area contributed by atoms with Gasteiger partial charge in [-0.15, -0.1) is 0 Å². The van der Waals surface area contributed by atoms with Crippen molar-refractivity contribution in [3.8, 4) is 22.9 Å². The first-order chi connectivity index (χ1) is 15.2. The third-order valence-corrected chi connectivity index (χ3v) is 5.42. The lowest BCUT2D eigenvalue weighted by Gasteiger charge is -2.22. The predicted octanol–water partition coefficient (Wildman–Crippen LogP) is 4.79. The van der Waals surface area contributed by atoms with Crippen molar-refractivity contribution in [2.75, 3.05) is 13.7 Å². The number of aromatic nitrogens is 2. The molecule has 0 bridgehead atoms. The zero-order valence-corrected chi connectivity index (χ0v) is 17.9. The van der Waals surface area contributed by atoms with E-state index in [1.165, 1.54) is 0 Å². The number of unbranched alkanes of at least 4 members (excludes halogenated alkanes) is 1. The van der Waals surface area contributed by atoms with E-state index in [-0.39, 0.29) is 11.9 Å². The second kappa shape index (κ2) is 9.64. The van der Waals surface area contributed by atoms with E-state index in [9.17, 15) is 4.79 Å². The van der Waals surface area contributed by atoms with E-state index in [0.717, 1.165) is 35.5 Å². The largest absolute Gasteiger partial charge is 0.497 e. The molecular weight excluding hydrogens is 394 g/mol. The molecule has 1 saturated heterocycles. The van der Waals surface area contributed by atoms with Gasteiger partial charge in [0, 0.05) is 18.5 Å². The van der Waals surface area contributed by atoms with Gasteiger partial charge in [0.25, 0.3) is 0 Å². The van der Waals surface area contributed by atoms with Gasteiger partial charge in [-0.2, -0.15) is 4.98 Å². The summed E-state index contributed by atoms with van der Waals surface area (Å²) in [6.07, 6.45) is 3.26. The Kier molecular flexibility index (Phi) is 6.50. The van der Waals surface area contributed by atoms with Crippen LogP contribution >= 0.6 is 0 Å². The van der Waals surface area contributed by atoms with Crippen LogP contribution in [0.4, 0.5) is 0 Å². The molecule has 2 aromatic carbocycles. The molecule has 1 aliphatic heterocycles. The van der Waals surface area contributed by atoms with Gasteiger partial charge in [-0.1, -0.05) is 30.6 Å². The average Bonchev–Trinajstić information content (AvgIpc) is 3.42. The highest BCUT2D eigenvalue weighted by Gasteiger charge is 2.36. The number of methoxy groups -OCH3 is 1. The molecule has 2 heterocycles. The summed E-state index contributed by atoms with van der Waals surface area (Å²) in [6, 6.07) is 15.2. The first-order valence-corrected chi connectivity index (χ1v) is 10.7. The molecule has 1 atom stereocenters. The molecule has 31 heavy (non-hydrogen) atoms. The molecule has 7 nitrogen and oxygen atoms in total. The Hall–Kier alpha value is -3.35. The van der Waals surface area contributed by atoms with Crippen molar-refractivity contribution >= 4 is 5.91 Å². The molecule has 4 rings (SSSR count). The van der Waals surface area contributed by atoms with E-state index >= 15 is 0 Å². The molecule has 3 aromatic rings. The number of amides is 1. The molecule has 1 aromatic heterocycles. The molecule has 0 N–H and O–H groups in total. The molecule has 0 spiro atoms. The summed E-state index contributed by atoms with van der Waals surface area (Å²) in [6.45, 7) is 3.32.